The standard InChI is InChI=1S/C15H21NO2S/c1-3-18-15(17)12-9-10-16-14(12)11-7-5-6-8-13(11)19-4-2/h5-8,12,14,16H,3-4,9-10H2,1-2H3/t12-,14-/m0/s1. The Kier molecular flexibility index (Phi) is 5.28. The van der Waals surface area contributed by atoms with E-state index in [-0.39, 0.29) is 17.9 Å². The number of carbonyl (C=O) groups excluding carboxylic acids is 1. The summed E-state index contributed by atoms with van der Waals surface area (Å²) in [5.41, 5.74) is 1.23. The van der Waals surface area contributed by atoms with Crippen LogP contribution >= 0.6 is 11.8 Å². The molecule has 4 heteroatoms. The molecule has 3 nitrogen and oxygen atoms in total. The fraction of sp³-hybridized carbons (Fsp3) is 0.533. The molecule has 1 aromatic carbocycles. The maximum atomic E-state index is 12.0. The molecule has 2 rings (SSSR count). The Bertz CT molecular complexity index is 436. The van der Waals surface area contributed by atoms with E-state index in [1.165, 1.54) is 10.5 Å². The number of hydrogen-bond acceptors (Lipinski definition) is 4. The van der Waals surface area contributed by atoms with Crippen LogP contribution in [0.15, 0.2) is 29.2 Å². The third kappa shape index (κ3) is 3.31. The number of rotatable bonds is 5. The fourth-order valence-corrected chi connectivity index (χ4v) is 3.41. The first kappa shape index (κ1) is 14.4. The van der Waals surface area contributed by atoms with E-state index in [2.05, 4.69) is 30.4 Å². The van der Waals surface area contributed by atoms with Gasteiger partial charge in [0.25, 0.3) is 0 Å². The van der Waals surface area contributed by atoms with Crippen LogP contribution in [-0.2, 0) is 9.53 Å². The van der Waals surface area contributed by atoms with Gasteiger partial charge in [0.2, 0.25) is 0 Å². The normalized spacial score (nSPS) is 22.4. The van der Waals surface area contributed by atoms with Crippen LogP contribution < -0.4 is 5.32 Å². The predicted molar refractivity (Wildman–Crippen MR) is 78.3 cm³/mol. The molecule has 0 radical (unpaired) electrons. The quantitative estimate of drug-likeness (QED) is 0.664. The van der Waals surface area contributed by atoms with Gasteiger partial charge in [0.1, 0.15) is 0 Å². The van der Waals surface area contributed by atoms with Crippen LogP contribution in [0.2, 0.25) is 0 Å². The predicted octanol–water partition coefficient (Wildman–Crippen LogP) is 3.01. The molecule has 19 heavy (non-hydrogen) atoms. The van der Waals surface area contributed by atoms with E-state index < -0.39 is 0 Å². The number of nitrogens with one attached hydrogen (secondary N) is 1. The van der Waals surface area contributed by atoms with Crippen molar-refractivity contribution in [2.24, 2.45) is 5.92 Å². The number of thioether (sulfide) groups is 1. The zero-order valence-electron chi connectivity index (χ0n) is 11.5. The van der Waals surface area contributed by atoms with Gasteiger partial charge in [-0.05, 0) is 37.3 Å². The summed E-state index contributed by atoms with van der Waals surface area (Å²) in [6.45, 7) is 5.33. The van der Waals surface area contributed by atoms with Crippen LogP contribution in [0, 0.1) is 5.92 Å². The van der Waals surface area contributed by atoms with E-state index in [0.717, 1.165) is 18.7 Å². The Labute approximate surface area is 119 Å². The number of esters is 1. The highest BCUT2D eigenvalue weighted by Gasteiger charge is 2.35. The van der Waals surface area contributed by atoms with Crippen LogP contribution in [0.4, 0.5) is 0 Å². The molecule has 0 bridgehead atoms. The number of ether oxygens (including phenoxy) is 1. The summed E-state index contributed by atoms with van der Waals surface area (Å²) < 4.78 is 5.19. The molecule has 1 heterocycles. The van der Waals surface area contributed by atoms with Gasteiger partial charge in [-0.15, -0.1) is 11.8 Å². The summed E-state index contributed by atoms with van der Waals surface area (Å²) in [6.07, 6.45) is 0.856. The van der Waals surface area contributed by atoms with Gasteiger partial charge in [0.05, 0.1) is 12.5 Å². The molecule has 104 valence electrons. The van der Waals surface area contributed by atoms with E-state index in [1.54, 1.807) is 0 Å². The topological polar surface area (TPSA) is 38.3 Å². The lowest BCUT2D eigenvalue weighted by atomic mass is 9.94. The maximum Gasteiger partial charge on any atom is 0.310 e. The van der Waals surface area contributed by atoms with Gasteiger partial charge < -0.3 is 10.1 Å². The zero-order valence-corrected chi connectivity index (χ0v) is 12.3. The van der Waals surface area contributed by atoms with Crippen molar-refractivity contribution in [3.05, 3.63) is 29.8 Å². The van der Waals surface area contributed by atoms with Crippen molar-refractivity contribution in [1.29, 1.82) is 0 Å². The van der Waals surface area contributed by atoms with Crippen molar-refractivity contribution < 1.29 is 9.53 Å². The minimum Gasteiger partial charge on any atom is -0.466 e. The average Bonchev–Trinajstić information content (AvgIpc) is 2.89. The fourth-order valence-electron chi connectivity index (χ4n) is 2.56. The molecule has 0 spiro atoms. The van der Waals surface area contributed by atoms with E-state index in [4.69, 9.17) is 4.74 Å². The molecule has 1 fully saturated rings. The molecule has 1 N–H and O–H groups in total. The van der Waals surface area contributed by atoms with Gasteiger partial charge in [0, 0.05) is 10.9 Å². The molecule has 0 unspecified atom stereocenters. The summed E-state index contributed by atoms with van der Waals surface area (Å²) >= 11 is 1.82. The minimum atomic E-state index is -0.0752. The first-order valence-electron chi connectivity index (χ1n) is 6.89. The number of hydrogen-bond donors (Lipinski definition) is 1. The molecule has 1 aromatic rings. The van der Waals surface area contributed by atoms with Gasteiger partial charge in [-0.2, -0.15) is 0 Å². The second kappa shape index (κ2) is 6.96. The Morgan fingerprint density at radius 3 is 2.95 bits per heavy atom. The molecular weight excluding hydrogens is 258 g/mol. The van der Waals surface area contributed by atoms with Gasteiger partial charge in [-0.3, -0.25) is 4.79 Å². The highest BCUT2D eigenvalue weighted by atomic mass is 32.2. The highest BCUT2D eigenvalue weighted by Crippen LogP contribution is 2.36. The second-order valence-electron chi connectivity index (χ2n) is 4.55. The minimum absolute atomic E-state index is 0.0569. The third-order valence-corrected chi connectivity index (χ3v) is 4.34. The van der Waals surface area contributed by atoms with Crippen LogP contribution in [0.1, 0.15) is 31.9 Å². The maximum absolute atomic E-state index is 12.0. The van der Waals surface area contributed by atoms with Crippen molar-refractivity contribution in [3.63, 3.8) is 0 Å². The monoisotopic (exact) mass is 279 g/mol. The van der Waals surface area contributed by atoms with Crippen molar-refractivity contribution in [3.8, 4) is 0 Å². The molecule has 0 aliphatic carbocycles. The average molecular weight is 279 g/mol. The van der Waals surface area contributed by atoms with Gasteiger partial charge in [0.15, 0.2) is 0 Å². The van der Waals surface area contributed by atoms with E-state index >= 15 is 0 Å². The molecule has 2 atom stereocenters. The molecular formula is C15H21NO2S. The lowest BCUT2D eigenvalue weighted by molar-refractivity contribution is -0.148. The largest absolute Gasteiger partial charge is 0.466 e. The molecule has 1 aliphatic rings. The summed E-state index contributed by atoms with van der Waals surface area (Å²) in [5, 5.41) is 3.45. The Balaban J connectivity index is 2.22. The second-order valence-corrected chi connectivity index (χ2v) is 5.86. The Morgan fingerprint density at radius 1 is 1.42 bits per heavy atom. The van der Waals surface area contributed by atoms with Crippen LogP contribution in [0.5, 0.6) is 0 Å². The van der Waals surface area contributed by atoms with E-state index in [0.29, 0.717) is 6.61 Å². The highest BCUT2D eigenvalue weighted by molar-refractivity contribution is 7.99. The first-order chi connectivity index (χ1) is 9.27. The van der Waals surface area contributed by atoms with Gasteiger partial charge in [-0.1, -0.05) is 25.1 Å². The van der Waals surface area contributed by atoms with E-state index in [9.17, 15) is 4.79 Å². The summed E-state index contributed by atoms with van der Waals surface area (Å²) in [7, 11) is 0. The van der Waals surface area contributed by atoms with E-state index in [1.807, 2.05) is 24.8 Å². The van der Waals surface area contributed by atoms with Crippen molar-refractivity contribution in [2.75, 3.05) is 18.9 Å². The lowest BCUT2D eigenvalue weighted by Gasteiger charge is -2.21. The number of benzene rings is 1. The summed E-state index contributed by atoms with van der Waals surface area (Å²) in [6, 6.07) is 8.43. The van der Waals surface area contributed by atoms with Crippen molar-refractivity contribution >= 4 is 17.7 Å². The summed E-state index contributed by atoms with van der Waals surface area (Å²) in [4.78, 5) is 13.3. The molecule has 0 saturated carbocycles. The van der Waals surface area contributed by atoms with Gasteiger partial charge >= 0.3 is 5.97 Å². The molecule has 1 saturated heterocycles. The lowest BCUT2D eigenvalue weighted by Crippen LogP contribution is -2.25. The Morgan fingerprint density at radius 2 is 2.21 bits per heavy atom. The summed E-state index contributed by atoms with van der Waals surface area (Å²) in [5.74, 6) is 0.903. The van der Waals surface area contributed by atoms with Crippen molar-refractivity contribution in [2.45, 2.75) is 31.2 Å². The first-order valence-corrected chi connectivity index (χ1v) is 7.88. The molecule has 1 aliphatic heterocycles. The van der Waals surface area contributed by atoms with Crippen LogP contribution in [-0.4, -0.2) is 24.9 Å². The third-order valence-electron chi connectivity index (χ3n) is 3.37. The smallest absolute Gasteiger partial charge is 0.310 e. The zero-order chi connectivity index (χ0) is 13.7. The molecule has 0 aromatic heterocycles. The Hall–Kier alpha value is -1.00. The number of carbonyl (C=O) groups is 1. The van der Waals surface area contributed by atoms with Crippen LogP contribution in [0.25, 0.3) is 0 Å². The van der Waals surface area contributed by atoms with Gasteiger partial charge in [-0.25, -0.2) is 0 Å². The SMILES string of the molecule is CCOC(=O)[C@H]1CCN[C@H]1c1ccccc1SCC. The molecule has 0 amide bonds. The van der Waals surface area contributed by atoms with Crippen molar-refractivity contribution in [1.82, 2.24) is 5.32 Å². The van der Waals surface area contributed by atoms with Crippen LogP contribution in [0.3, 0.4) is 0 Å².